The summed E-state index contributed by atoms with van der Waals surface area (Å²) in [5, 5.41) is 25.9. The van der Waals surface area contributed by atoms with E-state index in [1.165, 1.54) is 64.2 Å². The van der Waals surface area contributed by atoms with E-state index in [2.05, 4.69) is 182 Å². The van der Waals surface area contributed by atoms with Crippen molar-refractivity contribution in [3.05, 3.63) is 182 Å². The molecule has 8 rings (SSSR count). The van der Waals surface area contributed by atoms with Crippen molar-refractivity contribution >= 4 is 52.5 Å². The van der Waals surface area contributed by atoms with E-state index in [1.807, 2.05) is 0 Å². The van der Waals surface area contributed by atoms with Gasteiger partial charge in [0.25, 0.3) is 0 Å². The van der Waals surface area contributed by atoms with E-state index in [0.29, 0.717) is 0 Å². The van der Waals surface area contributed by atoms with Crippen LogP contribution >= 0.6 is 14.5 Å². The fourth-order valence-electron chi connectivity index (χ4n) is 9.07. The molecule has 0 spiro atoms. The molecule has 2 saturated carbocycles. The maximum atomic E-state index is 8.33. The molecule has 2 aliphatic carbocycles. The van der Waals surface area contributed by atoms with Crippen molar-refractivity contribution in [1.29, 1.82) is 0 Å². The zero-order chi connectivity index (χ0) is 37.5. The Morgan fingerprint density at radius 2 is 0.500 bits per heavy atom. The Labute approximate surface area is 323 Å². The number of hydrogen-bond donors (Lipinski definition) is 0. The first-order valence-corrected chi connectivity index (χ1v) is 23.3. The third-order valence-corrected chi connectivity index (χ3v) is 21.1. The third-order valence-electron chi connectivity index (χ3n) is 11.2. The highest BCUT2D eigenvalue weighted by Gasteiger charge is 2.53. The van der Waals surface area contributed by atoms with Crippen molar-refractivity contribution in [1.82, 2.24) is 0 Å². The Bertz CT molecular complexity index is 1610. The van der Waals surface area contributed by atoms with E-state index in [4.69, 9.17) is 15.0 Å². The van der Waals surface area contributed by atoms with Gasteiger partial charge in [-0.2, -0.15) is 0 Å². The molecular formula is C49H52O3P2. The summed E-state index contributed by atoms with van der Waals surface area (Å²) in [5.41, 5.74) is 1.52. The molecule has 5 heteroatoms. The van der Waals surface area contributed by atoms with Gasteiger partial charge in [-0.15, -0.1) is 0 Å². The van der Waals surface area contributed by atoms with Crippen LogP contribution in [0.5, 0.6) is 0 Å². The molecule has 0 aromatic heterocycles. The molecule has 0 unspecified atom stereocenters. The molecule has 0 aliphatic heterocycles. The summed E-state index contributed by atoms with van der Waals surface area (Å²) in [6, 6.07) is 68.1. The van der Waals surface area contributed by atoms with Crippen molar-refractivity contribution in [2.45, 2.75) is 75.5 Å². The van der Waals surface area contributed by atoms with E-state index >= 15 is 0 Å². The van der Waals surface area contributed by atoms with Crippen LogP contribution in [0.2, 0.25) is 0 Å². The second-order valence-electron chi connectivity index (χ2n) is 14.3. The van der Waals surface area contributed by atoms with Crippen LogP contribution in [0.3, 0.4) is 0 Å². The molecule has 0 atom stereocenters. The van der Waals surface area contributed by atoms with Gasteiger partial charge >= 0.3 is 0 Å². The van der Waals surface area contributed by atoms with Gasteiger partial charge in [-0.1, -0.05) is 122 Å². The third kappa shape index (κ3) is 8.87. The average molecular weight is 751 g/mol. The molecule has 0 amide bonds. The molecule has 0 N–H and O–H groups in total. The van der Waals surface area contributed by atoms with Crippen LogP contribution in [0.15, 0.2) is 182 Å². The Hall–Kier alpha value is -4.55. The highest BCUT2D eigenvalue weighted by atomic mass is 31.2. The van der Waals surface area contributed by atoms with Crippen LogP contribution < -0.4 is 42.0 Å². The second kappa shape index (κ2) is 19.7. The van der Waals surface area contributed by atoms with Gasteiger partial charge in [0.2, 0.25) is 0 Å². The predicted molar refractivity (Wildman–Crippen MR) is 229 cm³/mol. The molecule has 0 heterocycles. The van der Waals surface area contributed by atoms with Gasteiger partial charge in [-0.25, -0.2) is 0 Å². The van der Waals surface area contributed by atoms with Crippen LogP contribution in [0.1, 0.15) is 64.2 Å². The zero-order valence-electron chi connectivity index (χ0n) is 31.2. The van der Waals surface area contributed by atoms with Gasteiger partial charge in [-0.3, -0.25) is 0 Å². The summed E-state index contributed by atoms with van der Waals surface area (Å²) in [7, 11) is -3.26. The van der Waals surface area contributed by atoms with E-state index in [9.17, 15) is 0 Å². The molecule has 3 nitrogen and oxygen atoms in total. The Morgan fingerprint density at radius 3 is 0.667 bits per heavy atom. The SMILES string of the molecule is O=C([O-])[O-].c1ccc([P+](c2ccccc2)(c2ccccc2)C2CCCCC2)cc1.c1ccc([P+](c2ccccc2)(c2ccccc2)C2CCCCC2)cc1. The van der Waals surface area contributed by atoms with Gasteiger partial charge in [0.1, 0.15) is 46.4 Å². The number of carboxylic acid groups (broad SMARTS) is 2. The average Bonchev–Trinajstić information content (AvgIpc) is 3.25. The monoisotopic (exact) mass is 750 g/mol. The summed E-state index contributed by atoms with van der Waals surface area (Å²) in [5.74, 6) is 0. The van der Waals surface area contributed by atoms with E-state index in [1.54, 1.807) is 31.8 Å². The highest BCUT2D eigenvalue weighted by molar-refractivity contribution is 7.96. The minimum Gasteiger partial charge on any atom is -0.652 e. The summed E-state index contributed by atoms with van der Waals surface area (Å²) in [4.78, 5) is 8.33. The van der Waals surface area contributed by atoms with Gasteiger partial charge in [-0.05, 0) is 130 Å². The Kier molecular flexibility index (Phi) is 14.3. The molecular weight excluding hydrogens is 698 g/mol. The van der Waals surface area contributed by atoms with Gasteiger partial charge in [0.05, 0.1) is 11.3 Å². The summed E-state index contributed by atoms with van der Waals surface area (Å²) < 4.78 is 0. The lowest BCUT2D eigenvalue weighted by Gasteiger charge is -2.36. The van der Waals surface area contributed by atoms with Crippen LogP contribution in [-0.2, 0) is 0 Å². The van der Waals surface area contributed by atoms with Gasteiger partial charge in [0, 0.05) is 0 Å². The molecule has 0 saturated heterocycles. The second-order valence-corrected chi connectivity index (χ2v) is 21.7. The number of rotatable bonds is 8. The fraction of sp³-hybridized carbons (Fsp3) is 0.245. The topological polar surface area (TPSA) is 63.2 Å². The number of carbonyl (C=O) groups is 1. The highest BCUT2D eigenvalue weighted by Crippen LogP contribution is 2.64. The number of benzene rings is 6. The first-order chi connectivity index (χ1) is 26.6. The van der Waals surface area contributed by atoms with Gasteiger partial charge in [0.15, 0.2) is 0 Å². The molecule has 6 aromatic rings. The molecule has 2 aliphatic rings. The lowest BCUT2D eigenvalue weighted by Crippen LogP contribution is -2.39. The van der Waals surface area contributed by atoms with Crippen molar-refractivity contribution in [2.75, 3.05) is 0 Å². The van der Waals surface area contributed by atoms with Crippen molar-refractivity contribution in [2.24, 2.45) is 0 Å². The molecule has 6 aromatic carbocycles. The first-order valence-electron chi connectivity index (χ1n) is 19.6. The van der Waals surface area contributed by atoms with Crippen molar-refractivity contribution in [3.8, 4) is 0 Å². The quantitative estimate of drug-likeness (QED) is 0.148. The fourth-order valence-corrected chi connectivity index (χ4v) is 19.5. The van der Waals surface area contributed by atoms with Crippen LogP contribution in [0.4, 0.5) is 4.79 Å². The van der Waals surface area contributed by atoms with Crippen molar-refractivity contribution < 1.29 is 15.0 Å². The van der Waals surface area contributed by atoms with E-state index < -0.39 is 20.7 Å². The maximum absolute atomic E-state index is 8.33. The largest absolute Gasteiger partial charge is 0.652 e. The normalized spacial score (nSPS) is 15.1. The lowest BCUT2D eigenvalue weighted by atomic mass is 10.0. The number of carbonyl (C=O) groups excluding carboxylic acids is 1. The standard InChI is InChI=1S/2C24H26P.CH2O3/c2*1-5-13-21(14-6-1)25(22-15-7-2-8-16-22,23-17-9-3-10-18-23)24-19-11-4-12-20-24;2-1(3)4/h2*1-3,5-10,13-18,24H,4,11-12,19-20H2;(H2,2,3,4)/q2*+1;/p-2. The Balaban J connectivity index is 0.000000168. The smallest absolute Gasteiger partial charge is 0.115 e. The minimum absolute atomic E-state index is 0.758. The van der Waals surface area contributed by atoms with Crippen molar-refractivity contribution in [3.63, 3.8) is 0 Å². The molecule has 54 heavy (non-hydrogen) atoms. The lowest BCUT2D eigenvalue weighted by molar-refractivity contribution is -0.415. The molecule has 2 fully saturated rings. The number of hydrogen-bond acceptors (Lipinski definition) is 3. The summed E-state index contributed by atoms with van der Waals surface area (Å²) in [6.45, 7) is 0. The minimum atomic E-state index is -2.33. The molecule has 0 radical (unpaired) electrons. The van der Waals surface area contributed by atoms with E-state index in [0.717, 1.165) is 11.3 Å². The maximum Gasteiger partial charge on any atom is 0.115 e. The summed E-state index contributed by atoms with van der Waals surface area (Å²) in [6.07, 6.45) is 11.4. The predicted octanol–water partition coefficient (Wildman–Crippen LogP) is 8.18. The molecule has 0 bridgehead atoms. The summed E-state index contributed by atoms with van der Waals surface area (Å²) >= 11 is 0. The molecule has 276 valence electrons. The van der Waals surface area contributed by atoms with Crippen LogP contribution in [0.25, 0.3) is 0 Å². The van der Waals surface area contributed by atoms with E-state index in [-0.39, 0.29) is 0 Å². The van der Waals surface area contributed by atoms with Crippen LogP contribution in [0, 0.1) is 0 Å². The zero-order valence-corrected chi connectivity index (χ0v) is 33.0. The first kappa shape index (κ1) is 39.2. The van der Waals surface area contributed by atoms with Crippen LogP contribution in [-0.4, -0.2) is 17.5 Å². The van der Waals surface area contributed by atoms with Gasteiger partial charge < -0.3 is 15.0 Å². The Morgan fingerprint density at radius 1 is 0.333 bits per heavy atom.